The first-order chi connectivity index (χ1) is 7.81. The minimum atomic E-state index is 0.480. The number of halogens is 1. The second kappa shape index (κ2) is 4.07. The Morgan fingerprint density at radius 3 is 2.56 bits per heavy atom. The van der Waals surface area contributed by atoms with E-state index in [0.717, 1.165) is 17.7 Å². The fourth-order valence-electron chi connectivity index (χ4n) is 1.86. The van der Waals surface area contributed by atoms with Crippen molar-refractivity contribution in [3.63, 3.8) is 0 Å². The molecule has 1 aliphatic heterocycles. The third-order valence-corrected chi connectivity index (χ3v) is 3.30. The van der Waals surface area contributed by atoms with Gasteiger partial charge in [0.25, 0.3) is 0 Å². The maximum atomic E-state index is 5.14. The normalized spacial score (nSPS) is 16.1. The van der Waals surface area contributed by atoms with Gasteiger partial charge in [0.15, 0.2) is 0 Å². The number of anilines is 1. The van der Waals surface area contributed by atoms with Gasteiger partial charge in [0.2, 0.25) is 0 Å². The molecule has 0 aliphatic carbocycles. The monoisotopic (exact) mass is 277 g/mol. The van der Waals surface area contributed by atoms with Crippen molar-refractivity contribution in [2.24, 2.45) is 0 Å². The van der Waals surface area contributed by atoms with Gasteiger partial charge in [-0.1, -0.05) is 28.1 Å². The number of ether oxygens (including phenoxy) is 1. The molecule has 2 nitrogen and oxygen atoms in total. The zero-order valence-corrected chi connectivity index (χ0v) is 10.3. The molecule has 3 heteroatoms. The van der Waals surface area contributed by atoms with Crippen molar-refractivity contribution >= 4 is 32.4 Å². The number of hydrogen-bond donors (Lipinski definition) is 1. The fourth-order valence-corrected chi connectivity index (χ4v) is 2.24. The van der Waals surface area contributed by atoms with Crippen LogP contribution in [0.1, 0.15) is 0 Å². The van der Waals surface area contributed by atoms with Gasteiger partial charge >= 0.3 is 0 Å². The predicted molar refractivity (Wildman–Crippen MR) is 69.9 cm³/mol. The Labute approximate surface area is 103 Å². The van der Waals surface area contributed by atoms with Crippen molar-refractivity contribution in [2.75, 3.05) is 18.5 Å². The third-order valence-electron chi connectivity index (χ3n) is 2.81. The van der Waals surface area contributed by atoms with Crippen molar-refractivity contribution in [2.45, 2.75) is 6.04 Å². The minimum absolute atomic E-state index is 0.480. The van der Waals surface area contributed by atoms with Crippen LogP contribution in [0.2, 0.25) is 0 Å². The van der Waals surface area contributed by atoms with Crippen LogP contribution in [0.3, 0.4) is 0 Å². The fraction of sp³-hybridized carbons (Fsp3) is 0.231. The van der Waals surface area contributed by atoms with Crippen LogP contribution in [-0.2, 0) is 4.74 Å². The number of fused-ring (bicyclic) bond motifs is 1. The number of hydrogen-bond acceptors (Lipinski definition) is 2. The van der Waals surface area contributed by atoms with Gasteiger partial charge in [-0.15, -0.1) is 0 Å². The van der Waals surface area contributed by atoms with Gasteiger partial charge in [-0.2, -0.15) is 0 Å². The smallest absolute Gasteiger partial charge is 0.0728 e. The number of rotatable bonds is 2. The summed E-state index contributed by atoms with van der Waals surface area (Å²) in [4.78, 5) is 0. The molecule has 16 heavy (non-hydrogen) atoms. The molecule has 0 saturated carbocycles. The van der Waals surface area contributed by atoms with E-state index < -0.39 is 0 Å². The van der Waals surface area contributed by atoms with Crippen LogP contribution in [0.5, 0.6) is 0 Å². The van der Waals surface area contributed by atoms with Gasteiger partial charge in [0.1, 0.15) is 0 Å². The SMILES string of the molecule is Brc1ccc2cc(NC3COC3)ccc2c1. The third kappa shape index (κ3) is 1.93. The van der Waals surface area contributed by atoms with E-state index in [1.54, 1.807) is 0 Å². The van der Waals surface area contributed by atoms with Gasteiger partial charge in [0.05, 0.1) is 19.3 Å². The molecule has 0 spiro atoms. The Hall–Kier alpha value is -1.06. The maximum Gasteiger partial charge on any atom is 0.0728 e. The molecular formula is C13H12BrNO. The summed E-state index contributed by atoms with van der Waals surface area (Å²) in [5.41, 5.74) is 1.17. The summed E-state index contributed by atoms with van der Waals surface area (Å²) in [5.74, 6) is 0. The molecule has 1 fully saturated rings. The maximum absolute atomic E-state index is 5.14. The standard InChI is InChI=1S/C13H12BrNO/c14-11-3-1-10-6-12(4-2-9(10)5-11)15-13-7-16-8-13/h1-6,13,15H,7-8H2. The Bertz CT molecular complexity index is 522. The highest BCUT2D eigenvalue weighted by atomic mass is 79.9. The molecule has 82 valence electrons. The molecule has 1 N–H and O–H groups in total. The van der Waals surface area contributed by atoms with Crippen LogP contribution in [0.25, 0.3) is 10.8 Å². The summed E-state index contributed by atoms with van der Waals surface area (Å²) < 4.78 is 6.26. The average Bonchev–Trinajstić information content (AvgIpc) is 2.23. The Morgan fingerprint density at radius 2 is 1.81 bits per heavy atom. The first-order valence-electron chi connectivity index (χ1n) is 5.35. The topological polar surface area (TPSA) is 21.3 Å². The Morgan fingerprint density at radius 1 is 1.06 bits per heavy atom. The summed E-state index contributed by atoms with van der Waals surface area (Å²) >= 11 is 3.48. The van der Waals surface area contributed by atoms with E-state index in [9.17, 15) is 0 Å². The van der Waals surface area contributed by atoms with Gasteiger partial charge in [0, 0.05) is 10.2 Å². The molecular weight excluding hydrogens is 266 g/mol. The average molecular weight is 278 g/mol. The zero-order chi connectivity index (χ0) is 11.0. The van der Waals surface area contributed by atoms with Crippen molar-refractivity contribution in [3.8, 4) is 0 Å². The van der Waals surface area contributed by atoms with Gasteiger partial charge in [-0.05, 0) is 35.0 Å². The van der Waals surface area contributed by atoms with Crippen molar-refractivity contribution in [1.82, 2.24) is 0 Å². The second-order valence-electron chi connectivity index (χ2n) is 4.08. The summed E-state index contributed by atoms with van der Waals surface area (Å²) in [6.45, 7) is 1.64. The van der Waals surface area contributed by atoms with Crippen LogP contribution >= 0.6 is 15.9 Å². The molecule has 1 heterocycles. The molecule has 0 unspecified atom stereocenters. The summed E-state index contributed by atoms with van der Waals surface area (Å²) in [7, 11) is 0. The highest BCUT2D eigenvalue weighted by molar-refractivity contribution is 9.10. The molecule has 2 aromatic rings. The largest absolute Gasteiger partial charge is 0.378 e. The quantitative estimate of drug-likeness (QED) is 0.908. The highest BCUT2D eigenvalue weighted by Gasteiger charge is 2.17. The Balaban J connectivity index is 1.92. The molecule has 1 saturated heterocycles. The van der Waals surface area contributed by atoms with Crippen molar-refractivity contribution in [3.05, 3.63) is 40.9 Å². The lowest BCUT2D eigenvalue weighted by Crippen LogP contribution is -2.40. The molecule has 2 aromatic carbocycles. The van der Waals surface area contributed by atoms with Crippen molar-refractivity contribution < 1.29 is 4.74 Å². The van der Waals surface area contributed by atoms with E-state index in [1.807, 2.05) is 0 Å². The van der Waals surface area contributed by atoms with Crippen molar-refractivity contribution in [1.29, 1.82) is 0 Å². The zero-order valence-electron chi connectivity index (χ0n) is 8.74. The van der Waals surface area contributed by atoms with E-state index in [-0.39, 0.29) is 0 Å². The van der Waals surface area contributed by atoms with E-state index in [2.05, 4.69) is 57.6 Å². The molecule has 0 bridgehead atoms. The van der Waals surface area contributed by atoms with E-state index in [1.165, 1.54) is 16.5 Å². The Kier molecular flexibility index (Phi) is 2.58. The molecule has 0 aromatic heterocycles. The van der Waals surface area contributed by atoms with Crippen LogP contribution in [0.4, 0.5) is 5.69 Å². The van der Waals surface area contributed by atoms with E-state index in [0.29, 0.717) is 6.04 Å². The molecule has 0 atom stereocenters. The lowest BCUT2D eigenvalue weighted by atomic mass is 10.1. The summed E-state index contributed by atoms with van der Waals surface area (Å²) in [6, 6.07) is 13.2. The van der Waals surface area contributed by atoms with Crippen LogP contribution < -0.4 is 5.32 Å². The van der Waals surface area contributed by atoms with E-state index >= 15 is 0 Å². The first kappa shape index (κ1) is 10.1. The second-order valence-corrected chi connectivity index (χ2v) is 5.00. The highest BCUT2D eigenvalue weighted by Crippen LogP contribution is 2.23. The molecule has 0 radical (unpaired) electrons. The minimum Gasteiger partial charge on any atom is -0.378 e. The summed E-state index contributed by atoms with van der Waals surface area (Å²) in [5, 5.41) is 5.96. The molecule has 1 aliphatic rings. The number of benzene rings is 2. The number of nitrogens with one attached hydrogen (secondary N) is 1. The van der Waals surface area contributed by atoms with Gasteiger partial charge < -0.3 is 10.1 Å². The lowest BCUT2D eigenvalue weighted by molar-refractivity contribution is 0.0211. The van der Waals surface area contributed by atoms with Gasteiger partial charge in [-0.3, -0.25) is 0 Å². The van der Waals surface area contributed by atoms with Crippen LogP contribution in [-0.4, -0.2) is 19.3 Å². The van der Waals surface area contributed by atoms with Crippen LogP contribution in [0.15, 0.2) is 40.9 Å². The summed E-state index contributed by atoms with van der Waals surface area (Å²) in [6.07, 6.45) is 0. The van der Waals surface area contributed by atoms with E-state index in [4.69, 9.17) is 4.74 Å². The molecule has 0 amide bonds. The first-order valence-corrected chi connectivity index (χ1v) is 6.14. The van der Waals surface area contributed by atoms with Gasteiger partial charge in [-0.25, -0.2) is 0 Å². The predicted octanol–water partition coefficient (Wildman–Crippen LogP) is 3.41. The lowest BCUT2D eigenvalue weighted by Gasteiger charge is -2.27. The van der Waals surface area contributed by atoms with Crippen LogP contribution in [0, 0.1) is 0 Å². The molecule has 3 rings (SSSR count).